The van der Waals surface area contributed by atoms with Gasteiger partial charge in [-0.2, -0.15) is 0 Å². The Morgan fingerprint density at radius 3 is 2.63 bits per heavy atom. The maximum absolute atomic E-state index is 5.14. The number of pyridine rings is 1. The molecule has 0 saturated carbocycles. The molecule has 1 aromatic carbocycles. The predicted octanol–water partition coefficient (Wildman–Crippen LogP) is 3.62. The van der Waals surface area contributed by atoms with Crippen LogP contribution in [0, 0.1) is 6.92 Å². The van der Waals surface area contributed by atoms with Crippen molar-refractivity contribution in [3.8, 4) is 5.75 Å². The number of aryl methyl sites for hydroxylation is 1. The lowest BCUT2D eigenvalue weighted by atomic mass is 10.2. The van der Waals surface area contributed by atoms with Gasteiger partial charge in [-0.25, -0.2) is 4.98 Å². The highest BCUT2D eigenvalue weighted by atomic mass is 16.5. The number of nitrogens with one attached hydrogen (secondary N) is 2. The number of nitrogens with zero attached hydrogens (tertiary/aromatic N) is 1. The molecule has 0 atom stereocenters. The second-order valence-corrected chi connectivity index (χ2v) is 4.47. The van der Waals surface area contributed by atoms with Crippen molar-refractivity contribution in [3.63, 3.8) is 0 Å². The monoisotopic (exact) mass is 253 g/mol. The van der Waals surface area contributed by atoms with Crippen LogP contribution in [0.4, 0.5) is 11.4 Å². The lowest BCUT2D eigenvalue weighted by molar-refractivity contribution is 0.415. The fourth-order valence-electron chi connectivity index (χ4n) is 2.06. The van der Waals surface area contributed by atoms with Crippen molar-refractivity contribution in [1.29, 1.82) is 0 Å². The third-order valence-corrected chi connectivity index (χ3v) is 2.98. The highest BCUT2D eigenvalue weighted by Gasteiger charge is 2.01. The van der Waals surface area contributed by atoms with Crippen molar-refractivity contribution >= 4 is 22.4 Å². The van der Waals surface area contributed by atoms with Gasteiger partial charge in [0.15, 0.2) is 0 Å². The quantitative estimate of drug-likeness (QED) is 0.749. The van der Waals surface area contributed by atoms with Gasteiger partial charge < -0.3 is 15.0 Å². The SMILES string of the molecule is COc1ccc(Nc2cnc3[nH]c(C)cc3c2)cc1. The normalized spacial score (nSPS) is 10.6. The molecule has 2 heterocycles. The third kappa shape index (κ3) is 2.38. The minimum Gasteiger partial charge on any atom is -0.497 e. The average Bonchev–Trinajstić information content (AvgIpc) is 2.79. The molecule has 2 N–H and O–H groups in total. The van der Waals surface area contributed by atoms with Gasteiger partial charge in [0, 0.05) is 16.8 Å². The minimum atomic E-state index is 0.848. The van der Waals surface area contributed by atoms with Crippen molar-refractivity contribution in [1.82, 2.24) is 9.97 Å². The van der Waals surface area contributed by atoms with Crippen LogP contribution in [-0.2, 0) is 0 Å². The Morgan fingerprint density at radius 2 is 1.89 bits per heavy atom. The van der Waals surface area contributed by atoms with E-state index in [1.54, 1.807) is 7.11 Å². The van der Waals surface area contributed by atoms with Crippen LogP contribution in [0.25, 0.3) is 11.0 Å². The minimum absolute atomic E-state index is 0.848. The Labute approximate surface area is 111 Å². The van der Waals surface area contributed by atoms with Crippen LogP contribution in [0.15, 0.2) is 42.6 Å². The van der Waals surface area contributed by atoms with Crippen molar-refractivity contribution in [2.75, 3.05) is 12.4 Å². The number of anilines is 2. The average molecular weight is 253 g/mol. The van der Waals surface area contributed by atoms with E-state index in [1.807, 2.05) is 37.4 Å². The number of aromatic nitrogens is 2. The van der Waals surface area contributed by atoms with Gasteiger partial charge in [0.05, 0.1) is 19.0 Å². The highest BCUT2D eigenvalue weighted by molar-refractivity contribution is 5.81. The zero-order chi connectivity index (χ0) is 13.2. The Bertz CT molecular complexity index is 701. The summed E-state index contributed by atoms with van der Waals surface area (Å²) in [6.07, 6.45) is 1.82. The molecule has 4 heteroatoms. The van der Waals surface area contributed by atoms with E-state index in [9.17, 15) is 0 Å². The lowest BCUT2D eigenvalue weighted by Gasteiger charge is -2.07. The number of ether oxygens (including phenoxy) is 1. The van der Waals surface area contributed by atoms with Gasteiger partial charge in [-0.1, -0.05) is 0 Å². The summed E-state index contributed by atoms with van der Waals surface area (Å²) in [7, 11) is 1.66. The van der Waals surface area contributed by atoms with E-state index >= 15 is 0 Å². The molecule has 0 bridgehead atoms. The van der Waals surface area contributed by atoms with Gasteiger partial charge in [-0.3, -0.25) is 0 Å². The molecule has 0 spiro atoms. The van der Waals surface area contributed by atoms with E-state index < -0.39 is 0 Å². The van der Waals surface area contributed by atoms with Crippen molar-refractivity contribution < 1.29 is 4.74 Å². The van der Waals surface area contributed by atoms with Gasteiger partial charge >= 0.3 is 0 Å². The Balaban J connectivity index is 1.87. The molecule has 0 aliphatic carbocycles. The maximum atomic E-state index is 5.14. The first-order valence-electron chi connectivity index (χ1n) is 6.11. The zero-order valence-electron chi connectivity index (χ0n) is 10.9. The van der Waals surface area contributed by atoms with Crippen LogP contribution in [0.3, 0.4) is 0 Å². The fraction of sp³-hybridized carbons (Fsp3) is 0.133. The summed E-state index contributed by atoms with van der Waals surface area (Å²) in [5.41, 5.74) is 4.01. The Hall–Kier alpha value is -2.49. The van der Waals surface area contributed by atoms with Crippen LogP contribution in [0.2, 0.25) is 0 Å². The van der Waals surface area contributed by atoms with Crippen LogP contribution in [-0.4, -0.2) is 17.1 Å². The van der Waals surface area contributed by atoms with E-state index in [4.69, 9.17) is 4.74 Å². The first-order valence-corrected chi connectivity index (χ1v) is 6.11. The molecule has 0 aliphatic heterocycles. The molecule has 4 nitrogen and oxygen atoms in total. The standard InChI is InChI=1S/C15H15N3O/c1-10-7-11-8-13(9-16-15(11)17-10)18-12-3-5-14(19-2)6-4-12/h3-9,18H,1-2H3,(H,16,17). The summed E-state index contributed by atoms with van der Waals surface area (Å²) in [5.74, 6) is 0.848. The smallest absolute Gasteiger partial charge is 0.137 e. The third-order valence-electron chi connectivity index (χ3n) is 2.98. The predicted molar refractivity (Wildman–Crippen MR) is 77.1 cm³/mol. The van der Waals surface area contributed by atoms with Crippen molar-refractivity contribution in [3.05, 3.63) is 48.3 Å². The summed E-state index contributed by atoms with van der Waals surface area (Å²) < 4.78 is 5.14. The molecule has 0 aliphatic rings. The molecule has 3 rings (SSSR count). The van der Waals surface area contributed by atoms with Crippen LogP contribution < -0.4 is 10.1 Å². The second kappa shape index (κ2) is 4.65. The lowest BCUT2D eigenvalue weighted by Crippen LogP contribution is -1.91. The molecule has 0 unspecified atom stereocenters. The van der Waals surface area contributed by atoms with E-state index in [0.29, 0.717) is 0 Å². The largest absolute Gasteiger partial charge is 0.497 e. The molecule has 19 heavy (non-hydrogen) atoms. The van der Waals surface area contributed by atoms with Crippen LogP contribution >= 0.6 is 0 Å². The molecule has 0 fully saturated rings. The van der Waals surface area contributed by atoms with E-state index in [0.717, 1.165) is 33.9 Å². The number of hydrogen-bond donors (Lipinski definition) is 2. The molecule has 0 radical (unpaired) electrons. The molecule has 96 valence electrons. The number of methoxy groups -OCH3 is 1. The van der Waals surface area contributed by atoms with Crippen LogP contribution in [0.5, 0.6) is 5.75 Å². The molecule has 0 saturated heterocycles. The van der Waals surface area contributed by atoms with E-state index in [1.165, 1.54) is 0 Å². The molecular weight excluding hydrogens is 238 g/mol. The maximum Gasteiger partial charge on any atom is 0.137 e. The Morgan fingerprint density at radius 1 is 1.11 bits per heavy atom. The van der Waals surface area contributed by atoms with Gasteiger partial charge in [0.25, 0.3) is 0 Å². The molecule has 2 aromatic heterocycles. The van der Waals surface area contributed by atoms with Gasteiger partial charge in [-0.05, 0) is 43.3 Å². The Kier molecular flexibility index (Phi) is 2.83. The summed E-state index contributed by atoms with van der Waals surface area (Å²) in [6.45, 7) is 2.03. The molecular formula is C15H15N3O. The summed E-state index contributed by atoms with van der Waals surface area (Å²) in [4.78, 5) is 7.60. The number of benzene rings is 1. The van der Waals surface area contributed by atoms with E-state index in [-0.39, 0.29) is 0 Å². The zero-order valence-corrected chi connectivity index (χ0v) is 10.9. The summed E-state index contributed by atoms with van der Waals surface area (Å²) in [6, 6.07) is 12.0. The van der Waals surface area contributed by atoms with Gasteiger partial charge in [-0.15, -0.1) is 0 Å². The number of rotatable bonds is 3. The number of H-pyrrole nitrogens is 1. The summed E-state index contributed by atoms with van der Waals surface area (Å²) in [5, 5.41) is 4.43. The van der Waals surface area contributed by atoms with Gasteiger partial charge in [0.2, 0.25) is 0 Å². The number of aromatic amines is 1. The topological polar surface area (TPSA) is 49.9 Å². The summed E-state index contributed by atoms with van der Waals surface area (Å²) >= 11 is 0. The highest BCUT2D eigenvalue weighted by Crippen LogP contribution is 2.22. The molecule has 3 aromatic rings. The van der Waals surface area contributed by atoms with Gasteiger partial charge in [0.1, 0.15) is 11.4 Å². The fourth-order valence-corrected chi connectivity index (χ4v) is 2.06. The second-order valence-electron chi connectivity index (χ2n) is 4.47. The first kappa shape index (κ1) is 11.6. The number of hydrogen-bond acceptors (Lipinski definition) is 3. The van der Waals surface area contributed by atoms with Crippen LogP contribution in [0.1, 0.15) is 5.69 Å². The first-order chi connectivity index (χ1) is 9.24. The van der Waals surface area contributed by atoms with E-state index in [2.05, 4.69) is 27.4 Å². The molecule has 0 amide bonds. The number of fused-ring (bicyclic) bond motifs is 1. The van der Waals surface area contributed by atoms with Crippen molar-refractivity contribution in [2.24, 2.45) is 0 Å². The van der Waals surface area contributed by atoms with Crippen molar-refractivity contribution in [2.45, 2.75) is 6.92 Å².